The molecule has 4 rings (SSSR count). The van der Waals surface area contributed by atoms with Gasteiger partial charge in [-0.2, -0.15) is 5.10 Å². The van der Waals surface area contributed by atoms with E-state index in [0.717, 1.165) is 40.7 Å². The Labute approximate surface area is 151 Å². The van der Waals surface area contributed by atoms with Crippen molar-refractivity contribution in [3.05, 3.63) is 53.2 Å². The number of nitrogens with one attached hydrogen (secondary N) is 2. The van der Waals surface area contributed by atoms with Crippen LogP contribution in [0.15, 0.2) is 36.4 Å². The predicted molar refractivity (Wildman–Crippen MR) is 103 cm³/mol. The smallest absolute Gasteiger partial charge is 0.255 e. The van der Waals surface area contributed by atoms with Gasteiger partial charge in [0.25, 0.3) is 5.91 Å². The molecule has 0 bridgehead atoms. The Kier molecular flexibility index (Phi) is 4.08. The summed E-state index contributed by atoms with van der Waals surface area (Å²) < 4.78 is 5.58. The fourth-order valence-electron chi connectivity index (χ4n) is 2.89. The monoisotopic (exact) mass is 348 g/mol. The largest absolute Gasteiger partial charge is 0.495 e. The molecule has 6 nitrogen and oxygen atoms in total. The Morgan fingerprint density at radius 2 is 2.00 bits per heavy atom. The lowest BCUT2D eigenvalue weighted by atomic mass is 10.1. The Bertz CT molecular complexity index is 985. The van der Waals surface area contributed by atoms with E-state index in [4.69, 9.17) is 10.5 Å². The number of H-pyrrole nitrogens is 1. The zero-order valence-corrected chi connectivity index (χ0v) is 14.5. The maximum Gasteiger partial charge on any atom is 0.255 e. The molecule has 1 aromatic heterocycles. The van der Waals surface area contributed by atoms with Crippen molar-refractivity contribution in [2.75, 3.05) is 12.8 Å². The maximum absolute atomic E-state index is 12.5. The number of carbonyl (C=O) groups excluding carboxylic acids is 1. The number of methoxy groups -OCH3 is 1. The number of hydrogen-bond acceptors (Lipinski definition) is 4. The van der Waals surface area contributed by atoms with Gasteiger partial charge in [0.2, 0.25) is 0 Å². The second-order valence-electron chi connectivity index (χ2n) is 6.43. The molecule has 1 aliphatic carbocycles. The molecule has 0 radical (unpaired) electrons. The molecule has 0 unspecified atom stereocenters. The molecule has 0 saturated heterocycles. The van der Waals surface area contributed by atoms with Crippen LogP contribution >= 0.6 is 0 Å². The van der Waals surface area contributed by atoms with Crippen LogP contribution in [0.2, 0.25) is 0 Å². The Balaban J connectivity index is 1.72. The second-order valence-corrected chi connectivity index (χ2v) is 6.43. The van der Waals surface area contributed by atoms with Crippen LogP contribution in [0.5, 0.6) is 5.75 Å². The summed E-state index contributed by atoms with van der Waals surface area (Å²) in [4.78, 5) is 12.5. The average Bonchev–Trinajstić information content (AvgIpc) is 3.37. The number of aromatic amines is 1. The van der Waals surface area contributed by atoms with E-state index in [0.29, 0.717) is 11.3 Å². The van der Waals surface area contributed by atoms with Gasteiger partial charge in [-0.3, -0.25) is 9.89 Å². The summed E-state index contributed by atoms with van der Waals surface area (Å²) in [7, 11) is 1.57. The van der Waals surface area contributed by atoms with Gasteiger partial charge in [-0.1, -0.05) is 18.2 Å². The minimum absolute atomic E-state index is 0.110. The molecule has 2 aromatic carbocycles. The van der Waals surface area contributed by atoms with E-state index < -0.39 is 0 Å². The predicted octanol–water partition coefficient (Wildman–Crippen LogP) is 3.22. The van der Waals surface area contributed by atoms with Crippen LogP contribution in [0.1, 0.15) is 34.5 Å². The van der Waals surface area contributed by atoms with Gasteiger partial charge in [0, 0.05) is 11.7 Å². The highest BCUT2D eigenvalue weighted by Crippen LogP contribution is 2.33. The summed E-state index contributed by atoms with van der Waals surface area (Å²) >= 11 is 0. The third-order valence-corrected chi connectivity index (χ3v) is 4.44. The zero-order valence-electron chi connectivity index (χ0n) is 14.5. The topological polar surface area (TPSA) is 93.0 Å². The minimum atomic E-state index is -0.110. The molecular weight excluding hydrogens is 328 g/mol. The van der Waals surface area contributed by atoms with Gasteiger partial charge in [-0.05, 0) is 48.7 Å². The summed E-state index contributed by atoms with van der Waals surface area (Å²) in [5, 5.41) is 11.2. The molecule has 132 valence electrons. The van der Waals surface area contributed by atoms with E-state index in [1.807, 2.05) is 42.5 Å². The normalized spacial score (nSPS) is 14.0. The molecule has 0 spiro atoms. The Morgan fingerprint density at radius 1 is 1.23 bits per heavy atom. The van der Waals surface area contributed by atoms with E-state index in [1.54, 1.807) is 13.2 Å². The first kappa shape index (κ1) is 16.2. The Morgan fingerprint density at radius 3 is 2.69 bits per heavy atom. The second kappa shape index (κ2) is 6.55. The van der Waals surface area contributed by atoms with Crippen LogP contribution in [0.4, 0.5) is 5.69 Å². The van der Waals surface area contributed by atoms with Crippen molar-refractivity contribution >= 4 is 34.6 Å². The summed E-state index contributed by atoms with van der Waals surface area (Å²) in [6.45, 7) is 0. The molecule has 1 aliphatic rings. The van der Waals surface area contributed by atoms with Gasteiger partial charge in [-0.15, -0.1) is 0 Å². The lowest BCUT2D eigenvalue weighted by Crippen LogP contribution is -2.25. The van der Waals surface area contributed by atoms with Crippen molar-refractivity contribution in [1.82, 2.24) is 15.5 Å². The van der Waals surface area contributed by atoms with Crippen LogP contribution in [0, 0.1) is 0 Å². The first-order valence-corrected chi connectivity index (χ1v) is 8.55. The van der Waals surface area contributed by atoms with E-state index in [1.165, 1.54) is 0 Å². The number of benzene rings is 2. The van der Waals surface area contributed by atoms with E-state index in [-0.39, 0.29) is 11.9 Å². The van der Waals surface area contributed by atoms with Crippen molar-refractivity contribution in [1.29, 1.82) is 0 Å². The molecule has 0 atom stereocenters. The number of aromatic nitrogens is 2. The number of rotatable bonds is 5. The highest BCUT2D eigenvalue weighted by Gasteiger charge is 2.26. The highest BCUT2D eigenvalue weighted by molar-refractivity contribution is 6.05. The summed E-state index contributed by atoms with van der Waals surface area (Å²) in [6.07, 6.45) is 5.93. The number of nitrogens with zero attached hydrogens (tertiary/aromatic N) is 1. The first-order valence-electron chi connectivity index (χ1n) is 8.55. The number of nitrogen functional groups attached to an aromatic ring is 1. The van der Waals surface area contributed by atoms with Gasteiger partial charge < -0.3 is 15.8 Å². The van der Waals surface area contributed by atoms with Gasteiger partial charge in [0.05, 0.1) is 29.3 Å². The number of fused-ring (bicyclic) bond motifs is 1. The highest BCUT2D eigenvalue weighted by atomic mass is 16.5. The van der Waals surface area contributed by atoms with Crippen LogP contribution < -0.4 is 15.8 Å². The fraction of sp³-hybridized carbons (Fsp3) is 0.200. The number of carbonyl (C=O) groups is 1. The number of hydrogen-bond donors (Lipinski definition) is 3. The molecule has 1 heterocycles. The number of nitrogens with two attached hydrogens (primary N) is 1. The van der Waals surface area contributed by atoms with Gasteiger partial charge in [0.1, 0.15) is 5.75 Å². The summed E-state index contributed by atoms with van der Waals surface area (Å²) in [6, 6.07) is 11.5. The van der Waals surface area contributed by atoms with Crippen LogP contribution in [0.3, 0.4) is 0 Å². The van der Waals surface area contributed by atoms with Crippen molar-refractivity contribution in [3.63, 3.8) is 0 Å². The standard InChI is InChI=1S/C20H20N4O2/c1-26-19-15(20(25)22-14-7-8-14)9-11-17-18(19)16(23-24-17)10-4-12-2-5-13(21)6-3-12/h2-6,9-11,14H,7-8,21H2,1H3,(H,22,25)(H,23,24). The van der Waals surface area contributed by atoms with Gasteiger partial charge >= 0.3 is 0 Å². The fourth-order valence-corrected chi connectivity index (χ4v) is 2.89. The molecule has 6 heteroatoms. The molecule has 4 N–H and O–H groups in total. The lowest BCUT2D eigenvalue weighted by molar-refractivity contribution is 0.0948. The molecule has 0 aliphatic heterocycles. The molecule has 26 heavy (non-hydrogen) atoms. The molecule has 1 saturated carbocycles. The Hall–Kier alpha value is -3.28. The number of amides is 1. The van der Waals surface area contributed by atoms with Crippen molar-refractivity contribution < 1.29 is 9.53 Å². The van der Waals surface area contributed by atoms with Crippen molar-refractivity contribution in [3.8, 4) is 5.75 Å². The molecule has 1 amide bonds. The van der Waals surface area contributed by atoms with Crippen LogP contribution in [-0.2, 0) is 0 Å². The molecular formula is C20H20N4O2. The summed E-state index contributed by atoms with van der Waals surface area (Å²) in [5.41, 5.74) is 9.51. The zero-order chi connectivity index (χ0) is 18.1. The maximum atomic E-state index is 12.5. The SMILES string of the molecule is COc1c(C(=O)NC2CC2)ccc2[nH]nc(C=Cc3ccc(N)cc3)c12. The van der Waals surface area contributed by atoms with Gasteiger partial charge in [0.15, 0.2) is 0 Å². The lowest BCUT2D eigenvalue weighted by Gasteiger charge is -2.10. The van der Waals surface area contributed by atoms with Crippen molar-refractivity contribution in [2.45, 2.75) is 18.9 Å². The van der Waals surface area contributed by atoms with E-state index >= 15 is 0 Å². The third kappa shape index (κ3) is 3.13. The quantitative estimate of drug-likeness (QED) is 0.617. The third-order valence-electron chi connectivity index (χ3n) is 4.44. The molecule has 3 aromatic rings. The number of anilines is 1. The number of ether oxygens (including phenoxy) is 1. The average molecular weight is 348 g/mol. The van der Waals surface area contributed by atoms with Crippen molar-refractivity contribution in [2.24, 2.45) is 0 Å². The van der Waals surface area contributed by atoms with Gasteiger partial charge in [-0.25, -0.2) is 0 Å². The van der Waals surface area contributed by atoms with Crippen LogP contribution in [0.25, 0.3) is 23.1 Å². The van der Waals surface area contributed by atoms with E-state index in [2.05, 4.69) is 15.5 Å². The van der Waals surface area contributed by atoms with Crippen LogP contribution in [-0.4, -0.2) is 29.3 Å². The molecule has 1 fully saturated rings. The minimum Gasteiger partial charge on any atom is -0.495 e. The first-order chi connectivity index (χ1) is 12.7. The summed E-state index contributed by atoms with van der Waals surface area (Å²) in [5.74, 6) is 0.423. The van der Waals surface area contributed by atoms with E-state index in [9.17, 15) is 4.79 Å².